The molecule has 0 spiro atoms. The van der Waals surface area contributed by atoms with Gasteiger partial charge in [-0.2, -0.15) is 0 Å². The summed E-state index contributed by atoms with van der Waals surface area (Å²) in [6.45, 7) is 1.23. The van der Waals surface area contributed by atoms with Crippen LogP contribution >= 0.6 is 0 Å². The molecule has 0 aromatic heterocycles. The number of hydrogen-bond donors (Lipinski definition) is 1. The summed E-state index contributed by atoms with van der Waals surface area (Å²) in [6, 6.07) is 24.3. The number of piperidine rings is 1. The molecule has 4 rings (SSSR count). The maximum absolute atomic E-state index is 13.2. The number of para-hydroxylation sites is 1. The molecule has 3 aromatic carbocycles. The maximum Gasteiger partial charge on any atom is 0.415 e. The fraction of sp³-hybridized carbons (Fsp3) is 0.259. The Balaban J connectivity index is 1.36. The van der Waals surface area contributed by atoms with Crippen LogP contribution < -0.4 is 10.1 Å². The van der Waals surface area contributed by atoms with Crippen LogP contribution in [0.5, 0.6) is 5.75 Å². The third-order valence-electron chi connectivity index (χ3n) is 6.00. The number of likely N-dealkylation sites (tertiary alicyclic amines) is 1. The van der Waals surface area contributed by atoms with Crippen molar-refractivity contribution in [3.63, 3.8) is 0 Å². The first-order valence-corrected chi connectivity index (χ1v) is 11.2. The third kappa shape index (κ3) is 6.19. The van der Waals surface area contributed by atoms with E-state index in [-0.39, 0.29) is 23.9 Å². The summed E-state index contributed by atoms with van der Waals surface area (Å²) >= 11 is 0. The van der Waals surface area contributed by atoms with Crippen LogP contribution in [0.4, 0.5) is 9.18 Å². The second-order valence-corrected chi connectivity index (χ2v) is 8.29. The van der Waals surface area contributed by atoms with Gasteiger partial charge in [-0.3, -0.25) is 4.79 Å². The molecule has 2 amide bonds. The molecule has 1 fully saturated rings. The quantitative estimate of drug-likeness (QED) is 0.536. The number of hydrogen-bond acceptors (Lipinski definition) is 3. The molecule has 1 atom stereocenters. The van der Waals surface area contributed by atoms with Crippen LogP contribution in [0.1, 0.15) is 41.2 Å². The first-order chi connectivity index (χ1) is 16.1. The lowest BCUT2D eigenvalue weighted by molar-refractivity contribution is 0.0923. The molecule has 33 heavy (non-hydrogen) atoms. The van der Waals surface area contributed by atoms with Crippen molar-refractivity contribution in [3.05, 3.63) is 102 Å². The van der Waals surface area contributed by atoms with Crippen molar-refractivity contribution in [1.82, 2.24) is 10.2 Å². The highest BCUT2D eigenvalue weighted by atomic mass is 19.1. The van der Waals surface area contributed by atoms with E-state index in [1.54, 1.807) is 17.0 Å². The van der Waals surface area contributed by atoms with E-state index in [0.717, 1.165) is 24.8 Å². The van der Waals surface area contributed by atoms with Gasteiger partial charge in [-0.05, 0) is 67.1 Å². The zero-order chi connectivity index (χ0) is 23.0. The monoisotopic (exact) mass is 446 g/mol. The van der Waals surface area contributed by atoms with Crippen LogP contribution in [0.3, 0.4) is 0 Å². The Kier molecular flexibility index (Phi) is 7.35. The molecule has 6 heteroatoms. The average molecular weight is 447 g/mol. The number of ether oxygens (including phenoxy) is 1. The van der Waals surface area contributed by atoms with E-state index in [1.165, 1.54) is 24.3 Å². The van der Waals surface area contributed by atoms with E-state index in [1.807, 2.05) is 48.5 Å². The molecule has 0 saturated carbocycles. The van der Waals surface area contributed by atoms with E-state index in [4.69, 9.17) is 4.74 Å². The number of nitrogens with one attached hydrogen (secondary N) is 1. The number of amides is 2. The van der Waals surface area contributed by atoms with E-state index in [9.17, 15) is 14.0 Å². The molecule has 0 radical (unpaired) electrons. The van der Waals surface area contributed by atoms with Crippen LogP contribution in [0.25, 0.3) is 0 Å². The molecule has 3 aromatic rings. The Morgan fingerprint density at radius 2 is 1.52 bits per heavy atom. The van der Waals surface area contributed by atoms with Crippen LogP contribution in [-0.4, -0.2) is 30.0 Å². The summed E-state index contributed by atoms with van der Waals surface area (Å²) in [5.74, 6) is 0.290. The highest BCUT2D eigenvalue weighted by Crippen LogP contribution is 2.29. The number of rotatable bonds is 6. The van der Waals surface area contributed by atoms with E-state index >= 15 is 0 Å². The van der Waals surface area contributed by atoms with Crippen molar-refractivity contribution < 1.29 is 18.7 Å². The number of nitrogens with zero attached hydrogens (tertiary/aromatic N) is 1. The molecule has 1 N–H and O–H groups in total. The second kappa shape index (κ2) is 10.8. The summed E-state index contributed by atoms with van der Waals surface area (Å²) in [7, 11) is 0. The van der Waals surface area contributed by atoms with Crippen LogP contribution in [0, 0.1) is 11.7 Å². The minimum absolute atomic E-state index is 0.170. The molecule has 0 bridgehead atoms. The molecule has 170 valence electrons. The largest absolute Gasteiger partial charge is 0.415 e. The van der Waals surface area contributed by atoms with Crippen molar-refractivity contribution >= 4 is 12.0 Å². The molecule has 1 saturated heterocycles. The standard InChI is InChI=1S/C27H27FN2O3/c28-23-13-11-22(12-14-23)26(31)29-25(21-7-3-1-4-8-21)19-20-15-17-30(18-16-20)27(32)33-24-9-5-2-6-10-24/h1-14,20,25H,15-19H2,(H,29,31). The predicted octanol–water partition coefficient (Wildman–Crippen LogP) is 5.60. The van der Waals surface area contributed by atoms with Gasteiger partial charge in [0.2, 0.25) is 0 Å². The fourth-order valence-corrected chi connectivity index (χ4v) is 4.15. The molecule has 1 aliphatic heterocycles. The summed E-state index contributed by atoms with van der Waals surface area (Å²) in [5, 5.41) is 3.12. The highest BCUT2D eigenvalue weighted by molar-refractivity contribution is 5.94. The zero-order valence-corrected chi connectivity index (χ0v) is 18.3. The smallest absolute Gasteiger partial charge is 0.410 e. The van der Waals surface area contributed by atoms with Crippen molar-refractivity contribution in [2.45, 2.75) is 25.3 Å². The Hall–Kier alpha value is -3.67. The molecule has 1 unspecified atom stereocenters. The molecule has 1 aliphatic rings. The Bertz CT molecular complexity index is 1050. The number of halogens is 1. The Morgan fingerprint density at radius 3 is 2.15 bits per heavy atom. The predicted molar refractivity (Wildman–Crippen MR) is 124 cm³/mol. The van der Waals surface area contributed by atoms with Gasteiger partial charge in [0.05, 0.1) is 6.04 Å². The number of benzene rings is 3. The van der Waals surface area contributed by atoms with Crippen LogP contribution in [-0.2, 0) is 0 Å². The van der Waals surface area contributed by atoms with Crippen molar-refractivity contribution in [1.29, 1.82) is 0 Å². The Morgan fingerprint density at radius 1 is 0.909 bits per heavy atom. The second-order valence-electron chi connectivity index (χ2n) is 8.29. The summed E-state index contributed by atoms with van der Waals surface area (Å²) in [4.78, 5) is 27.0. The molecular formula is C27H27FN2O3. The van der Waals surface area contributed by atoms with E-state index < -0.39 is 0 Å². The van der Waals surface area contributed by atoms with Gasteiger partial charge in [0.25, 0.3) is 5.91 Å². The number of carbonyl (C=O) groups is 2. The SMILES string of the molecule is O=C(NC(CC1CCN(C(=O)Oc2ccccc2)CC1)c1ccccc1)c1ccc(F)cc1. The molecule has 1 heterocycles. The summed E-state index contributed by atoms with van der Waals surface area (Å²) < 4.78 is 18.7. The molecule has 0 aliphatic carbocycles. The van der Waals surface area contributed by atoms with Crippen LogP contribution in [0.2, 0.25) is 0 Å². The highest BCUT2D eigenvalue weighted by Gasteiger charge is 2.27. The van der Waals surface area contributed by atoms with Gasteiger partial charge in [-0.15, -0.1) is 0 Å². The number of carbonyl (C=O) groups excluding carboxylic acids is 2. The fourth-order valence-electron chi connectivity index (χ4n) is 4.15. The van der Waals surface area contributed by atoms with Crippen molar-refractivity contribution in [2.75, 3.05) is 13.1 Å². The van der Waals surface area contributed by atoms with Gasteiger partial charge in [0, 0.05) is 18.7 Å². The van der Waals surface area contributed by atoms with Gasteiger partial charge >= 0.3 is 6.09 Å². The normalized spacial score (nSPS) is 15.0. The van der Waals surface area contributed by atoms with E-state index in [2.05, 4.69) is 5.32 Å². The maximum atomic E-state index is 13.2. The lowest BCUT2D eigenvalue weighted by Crippen LogP contribution is -2.41. The topological polar surface area (TPSA) is 58.6 Å². The Labute approximate surface area is 193 Å². The minimum atomic E-state index is -0.372. The first-order valence-electron chi connectivity index (χ1n) is 11.2. The van der Waals surface area contributed by atoms with Gasteiger partial charge < -0.3 is 15.0 Å². The van der Waals surface area contributed by atoms with Gasteiger partial charge in [0.15, 0.2) is 0 Å². The van der Waals surface area contributed by atoms with Crippen molar-refractivity contribution in [3.8, 4) is 5.75 Å². The summed E-state index contributed by atoms with van der Waals surface area (Å²) in [6.07, 6.45) is 2.10. The lowest BCUT2D eigenvalue weighted by Gasteiger charge is -2.33. The third-order valence-corrected chi connectivity index (χ3v) is 6.00. The van der Waals surface area contributed by atoms with Crippen molar-refractivity contribution in [2.24, 2.45) is 5.92 Å². The van der Waals surface area contributed by atoms with Gasteiger partial charge in [-0.25, -0.2) is 9.18 Å². The minimum Gasteiger partial charge on any atom is -0.410 e. The average Bonchev–Trinajstić information content (AvgIpc) is 2.85. The molecular weight excluding hydrogens is 419 g/mol. The van der Waals surface area contributed by atoms with E-state index in [0.29, 0.717) is 30.3 Å². The van der Waals surface area contributed by atoms with Gasteiger partial charge in [0.1, 0.15) is 11.6 Å². The van der Waals surface area contributed by atoms with Crippen LogP contribution in [0.15, 0.2) is 84.9 Å². The molecule has 5 nitrogen and oxygen atoms in total. The van der Waals surface area contributed by atoms with Gasteiger partial charge in [-0.1, -0.05) is 48.5 Å². The summed E-state index contributed by atoms with van der Waals surface area (Å²) in [5.41, 5.74) is 1.45. The lowest BCUT2D eigenvalue weighted by atomic mass is 9.87. The zero-order valence-electron chi connectivity index (χ0n) is 18.3. The first kappa shape index (κ1) is 22.5.